The van der Waals surface area contributed by atoms with Crippen molar-refractivity contribution >= 4 is 28.9 Å². The summed E-state index contributed by atoms with van der Waals surface area (Å²) in [4.78, 5) is 14.0. The Hall–Kier alpha value is -0.390. The van der Waals surface area contributed by atoms with Crippen molar-refractivity contribution in [1.82, 2.24) is 9.55 Å². The lowest BCUT2D eigenvalue weighted by Gasteiger charge is -1.91. The third kappa shape index (κ3) is 1.12. The van der Waals surface area contributed by atoms with Crippen molar-refractivity contribution in [2.45, 2.75) is 0 Å². The summed E-state index contributed by atoms with van der Waals surface area (Å²) in [5, 5.41) is 0. The fourth-order valence-electron chi connectivity index (χ4n) is 0.512. The minimum atomic E-state index is 0.472. The van der Waals surface area contributed by atoms with Crippen molar-refractivity contribution in [3.8, 4) is 0 Å². The lowest BCUT2D eigenvalue weighted by molar-refractivity contribution is 0.111. The zero-order valence-electron chi connectivity index (χ0n) is 4.84. The van der Waals surface area contributed by atoms with Crippen LogP contribution in [-0.4, -0.2) is 15.8 Å². The molecule has 9 heavy (non-hydrogen) atoms. The van der Waals surface area contributed by atoms with Gasteiger partial charge in [0.1, 0.15) is 0 Å². The number of carbonyl (C=O) groups is 1. The first-order valence-electron chi connectivity index (χ1n) is 2.38. The van der Waals surface area contributed by atoms with Crippen LogP contribution >= 0.6 is 22.6 Å². The molecule has 0 radical (unpaired) electrons. The van der Waals surface area contributed by atoms with Crippen molar-refractivity contribution in [3.05, 3.63) is 15.7 Å². The minimum Gasteiger partial charge on any atom is -0.320 e. The van der Waals surface area contributed by atoms with E-state index in [9.17, 15) is 4.79 Å². The van der Waals surface area contributed by atoms with Crippen LogP contribution in [-0.2, 0) is 7.05 Å². The number of aromatic nitrogens is 2. The summed E-state index contributed by atoms with van der Waals surface area (Å²) in [6, 6.07) is 0. The van der Waals surface area contributed by atoms with Gasteiger partial charge in [0.15, 0.2) is 12.1 Å². The second kappa shape index (κ2) is 2.47. The summed E-state index contributed by atoms with van der Waals surface area (Å²) in [6.07, 6.45) is 2.40. The fourth-order valence-corrected chi connectivity index (χ4v) is 0.898. The highest BCUT2D eigenvalue weighted by atomic mass is 127. The Bertz CT molecular complexity index is 231. The van der Waals surface area contributed by atoms with Gasteiger partial charge in [-0.15, -0.1) is 0 Å². The van der Waals surface area contributed by atoms with E-state index in [1.807, 2.05) is 0 Å². The molecule has 0 aliphatic heterocycles. The smallest absolute Gasteiger partial charge is 0.185 e. The van der Waals surface area contributed by atoms with Crippen LogP contribution in [0, 0.1) is 3.70 Å². The van der Waals surface area contributed by atoms with E-state index in [1.165, 1.54) is 0 Å². The SMILES string of the molecule is Cn1c(I)cnc1C=O. The molecule has 1 rings (SSSR count). The van der Waals surface area contributed by atoms with Gasteiger partial charge < -0.3 is 4.57 Å². The van der Waals surface area contributed by atoms with Gasteiger partial charge in [-0.2, -0.15) is 0 Å². The van der Waals surface area contributed by atoms with Gasteiger partial charge in [0.25, 0.3) is 0 Å². The van der Waals surface area contributed by atoms with Gasteiger partial charge in [0.2, 0.25) is 0 Å². The summed E-state index contributed by atoms with van der Waals surface area (Å²) in [5.41, 5.74) is 0. The van der Waals surface area contributed by atoms with Gasteiger partial charge in [-0.1, -0.05) is 0 Å². The highest BCUT2D eigenvalue weighted by molar-refractivity contribution is 14.1. The number of halogens is 1. The number of nitrogens with zero attached hydrogens (tertiary/aromatic N) is 2. The number of hydrogen-bond donors (Lipinski definition) is 0. The van der Waals surface area contributed by atoms with E-state index in [0.29, 0.717) is 5.82 Å². The van der Waals surface area contributed by atoms with E-state index in [4.69, 9.17) is 0 Å². The molecule has 0 fully saturated rings. The molecular formula is C5H5IN2O. The van der Waals surface area contributed by atoms with Crippen LogP contribution < -0.4 is 0 Å². The monoisotopic (exact) mass is 236 g/mol. The Balaban J connectivity index is 3.18. The normalized spacial score (nSPS) is 9.56. The fraction of sp³-hybridized carbons (Fsp3) is 0.200. The van der Waals surface area contributed by atoms with Crippen LogP contribution in [0.5, 0.6) is 0 Å². The van der Waals surface area contributed by atoms with Gasteiger partial charge >= 0.3 is 0 Å². The Kier molecular flexibility index (Phi) is 1.84. The zero-order valence-corrected chi connectivity index (χ0v) is 6.99. The Morgan fingerprint density at radius 1 is 1.89 bits per heavy atom. The third-order valence-electron chi connectivity index (χ3n) is 1.07. The van der Waals surface area contributed by atoms with Gasteiger partial charge in [-0.25, -0.2) is 4.98 Å². The molecule has 0 aliphatic rings. The molecule has 0 spiro atoms. The lowest BCUT2D eigenvalue weighted by Crippen LogP contribution is -1.96. The molecule has 0 unspecified atom stereocenters. The van der Waals surface area contributed by atoms with Crippen LogP contribution in [0.3, 0.4) is 0 Å². The first-order chi connectivity index (χ1) is 4.25. The van der Waals surface area contributed by atoms with E-state index in [2.05, 4.69) is 27.6 Å². The molecule has 0 atom stereocenters. The number of carbonyl (C=O) groups excluding carboxylic acids is 1. The van der Waals surface area contributed by atoms with Crippen molar-refractivity contribution in [1.29, 1.82) is 0 Å². The van der Waals surface area contributed by atoms with Crippen LogP contribution in [0.15, 0.2) is 6.20 Å². The topological polar surface area (TPSA) is 34.9 Å². The Labute approximate surface area is 66.2 Å². The molecule has 0 saturated heterocycles. The van der Waals surface area contributed by atoms with Crippen LogP contribution in [0.25, 0.3) is 0 Å². The Morgan fingerprint density at radius 3 is 2.78 bits per heavy atom. The summed E-state index contributed by atoms with van der Waals surface area (Å²) < 4.78 is 2.70. The molecule has 3 nitrogen and oxygen atoms in total. The number of imidazole rings is 1. The first kappa shape index (κ1) is 6.73. The Morgan fingerprint density at radius 2 is 2.56 bits per heavy atom. The van der Waals surface area contributed by atoms with E-state index in [-0.39, 0.29) is 0 Å². The first-order valence-corrected chi connectivity index (χ1v) is 3.46. The molecule has 0 N–H and O–H groups in total. The lowest BCUT2D eigenvalue weighted by atomic mass is 10.7. The van der Waals surface area contributed by atoms with Gasteiger partial charge in [-0.3, -0.25) is 4.79 Å². The molecule has 0 bridgehead atoms. The largest absolute Gasteiger partial charge is 0.320 e. The molecule has 48 valence electrons. The summed E-state index contributed by atoms with van der Waals surface area (Å²) >= 11 is 2.11. The molecule has 0 aliphatic carbocycles. The standard InChI is InChI=1S/C5H5IN2O/c1-8-4(6)2-7-5(8)3-9/h2-3H,1H3. The minimum absolute atomic E-state index is 0.472. The quantitative estimate of drug-likeness (QED) is 0.534. The van der Waals surface area contributed by atoms with Crippen LogP contribution in [0.2, 0.25) is 0 Å². The molecule has 1 aromatic rings. The van der Waals surface area contributed by atoms with Gasteiger partial charge in [0, 0.05) is 7.05 Å². The van der Waals surface area contributed by atoms with E-state index < -0.39 is 0 Å². The highest BCUT2D eigenvalue weighted by Crippen LogP contribution is 2.02. The third-order valence-corrected chi connectivity index (χ3v) is 2.08. The van der Waals surface area contributed by atoms with Gasteiger partial charge in [0.05, 0.1) is 9.90 Å². The number of hydrogen-bond acceptors (Lipinski definition) is 2. The summed E-state index contributed by atoms with van der Waals surface area (Å²) in [7, 11) is 1.80. The highest BCUT2D eigenvalue weighted by Gasteiger charge is 1.99. The molecule has 1 heterocycles. The van der Waals surface area contributed by atoms with E-state index in [0.717, 1.165) is 9.99 Å². The maximum Gasteiger partial charge on any atom is 0.185 e. The maximum absolute atomic E-state index is 10.2. The summed E-state index contributed by atoms with van der Waals surface area (Å²) in [5.74, 6) is 0.472. The average Bonchev–Trinajstić information content (AvgIpc) is 2.15. The zero-order chi connectivity index (χ0) is 6.85. The molecular weight excluding hydrogens is 231 g/mol. The van der Waals surface area contributed by atoms with Crippen molar-refractivity contribution in [2.24, 2.45) is 7.05 Å². The second-order valence-electron chi connectivity index (χ2n) is 1.62. The van der Waals surface area contributed by atoms with Crippen molar-refractivity contribution in [2.75, 3.05) is 0 Å². The van der Waals surface area contributed by atoms with E-state index in [1.54, 1.807) is 17.8 Å². The van der Waals surface area contributed by atoms with E-state index >= 15 is 0 Å². The maximum atomic E-state index is 10.2. The molecule has 0 amide bonds. The summed E-state index contributed by atoms with van der Waals surface area (Å²) in [6.45, 7) is 0. The molecule has 0 saturated carbocycles. The molecule has 1 aromatic heterocycles. The van der Waals surface area contributed by atoms with Crippen molar-refractivity contribution in [3.63, 3.8) is 0 Å². The average molecular weight is 236 g/mol. The molecule has 4 heteroatoms. The predicted octanol–water partition coefficient (Wildman–Crippen LogP) is 0.837. The van der Waals surface area contributed by atoms with Gasteiger partial charge in [-0.05, 0) is 22.6 Å². The predicted molar refractivity (Wildman–Crippen MR) is 41.3 cm³/mol. The number of aldehydes is 1. The number of rotatable bonds is 1. The van der Waals surface area contributed by atoms with Crippen LogP contribution in [0.1, 0.15) is 10.6 Å². The molecule has 0 aromatic carbocycles. The van der Waals surface area contributed by atoms with Crippen LogP contribution in [0.4, 0.5) is 0 Å². The van der Waals surface area contributed by atoms with Crippen molar-refractivity contribution < 1.29 is 4.79 Å². The second-order valence-corrected chi connectivity index (χ2v) is 2.72.